The number of aromatic nitrogens is 3. The van der Waals surface area contributed by atoms with Crippen LogP contribution >= 0.6 is 0 Å². The number of methoxy groups -OCH3 is 1. The van der Waals surface area contributed by atoms with Gasteiger partial charge in [0.15, 0.2) is 6.10 Å². The first kappa shape index (κ1) is 18.9. The number of amides is 1. The molecule has 1 aliphatic rings. The maximum atomic E-state index is 12.8. The molecule has 0 radical (unpaired) electrons. The molecular formula is C20H20N4O5. The number of fused-ring (bicyclic) bond motifs is 1. The smallest absolute Gasteiger partial charge is 0.328 e. The van der Waals surface area contributed by atoms with Crippen molar-refractivity contribution in [2.45, 2.75) is 19.1 Å². The van der Waals surface area contributed by atoms with Gasteiger partial charge in [-0.2, -0.15) is 0 Å². The van der Waals surface area contributed by atoms with E-state index in [1.54, 1.807) is 7.11 Å². The number of oxazole rings is 1. The van der Waals surface area contributed by atoms with Gasteiger partial charge in [-0.05, 0) is 5.56 Å². The van der Waals surface area contributed by atoms with E-state index in [1.807, 2.05) is 30.3 Å². The van der Waals surface area contributed by atoms with Crippen LogP contribution in [0.5, 0.6) is 0 Å². The van der Waals surface area contributed by atoms with Crippen LogP contribution in [-0.2, 0) is 24.8 Å². The average Bonchev–Trinajstić information content (AvgIpc) is 3.14. The third-order valence-electron chi connectivity index (χ3n) is 4.93. The van der Waals surface area contributed by atoms with Gasteiger partial charge in [0.25, 0.3) is 11.5 Å². The molecule has 1 aromatic carbocycles. The van der Waals surface area contributed by atoms with Gasteiger partial charge in [-0.1, -0.05) is 30.3 Å². The molecule has 0 spiro atoms. The van der Waals surface area contributed by atoms with E-state index in [9.17, 15) is 14.4 Å². The normalized spacial score (nSPS) is 14.5. The summed E-state index contributed by atoms with van der Waals surface area (Å²) in [7, 11) is 3.06. The fourth-order valence-electron chi connectivity index (χ4n) is 3.40. The molecule has 4 rings (SSSR count). The van der Waals surface area contributed by atoms with Crippen LogP contribution in [-0.4, -0.2) is 39.0 Å². The van der Waals surface area contributed by atoms with Crippen molar-refractivity contribution in [2.24, 2.45) is 7.05 Å². The fourth-order valence-corrected chi connectivity index (χ4v) is 3.40. The highest BCUT2D eigenvalue weighted by atomic mass is 16.5. The Hall–Kier alpha value is -3.46. The second-order valence-electron chi connectivity index (χ2n) is 6.84. The minimum absolute atomic E-state index is 0.0849. The van der Waals surface area contributed by atoms with Crippen molar-refractivity contribution < 1.29 is 13.9 Å². The number of hydrogen-bond acceptors (Lipinski definition) is 6. The van der Waals surface area contributed by atoms with E-state index in [2.05, 4.69) is 9.97 Å². The summed E-state index contributed by atoms with van der Waals surface area (Å²) in [5.74, 6) is 0.678. The standard InChI is InChI=1S/C20H20N4O5/c1-23-10-13(17(25)22-20(23)27)19(26)24-9-8-15-14(11-24)21-18(29-15)16(28-2)12-6-4-3-5-7-12/h3-7,10,16H,8-9,11H2,1-2H3,(H,22,25,27). The molecule has 9 nitrogen and oxygen atoms in total. The van der Waals surface area contributed by atoms with Gasteiger partial charge in [-0.3, -0.25) is 14.6 Å². The zero-order chi connectivity index (χ0) is 20.5. The third-order valence-corrected chi connectivity index (χ3v) is 4.93. The minimum Gasteiger partial charge on any atom is -0.442 e. The lowest BCUT2D eigenvalue weighted by Gasteiger charge is -2.25. The predicted octanol–water partition coefficient (Wildman–Crippen LogP) is 0.996. The zero-order valence-electron chi connectivity index (χ0n) is 16.0. The summed E-state index contributed by atoms with van der Waals surface area (Å²) >= 11 is 0. The average molecular weight is 396 g/mol. The summed E-state index contributed by atoms with van der Waals surface area (Å²) in [5.41, 5.74) is 0.198. The van der Waals surface area contributed by atoms with Crippen LogP contribution in [0.15, 0.2) is 50.5 Å². The number of aryl methyl sites for hydroxylation is 1. The maximum Gasteiger partial charge on any atom is 0.328 e. The third kappa shape index (κ3) is 3.52. The molecule has 0 saturated carbocycles. The molecule has 1 atom stereocenters. The van der Waals surface area contributed by atoms with Crippen molar-refractivity contribution in [2.75, 3.05) is 13.7 Å². The molecule has 0 saturated heterocycles. The van der Waals surface area contributed by atoms with Crippen molar-refractivity contribution in [1.29, 1.82) is 0 Å². The van der Waals surface area contributed by atoms with Crippen molar-refractivity contribution in [1.82, 2.24) is 19.4 Å². The van der Waals surface area contributed by atoms with E-state index in [1.165, 1.54) is 22.7 Å². The number of H-pyrrole nitrogens is 1. The quantitative estimate of drug-likeness (QED) is 0.704. The molecule has 0 bridgehead atoms. The Balaban J connectivity index is 1.60. The van der Waals surface area contributed by atoms with Crippen molar-refractivity contribution >= 4 is 5.91 Å². The van der Waals surface area contributed by atoms with Crippen molar-refractivity contribution in [3.8, 4) is 0 Å². The number of carbonyl (C=O) groups is 1. The number of benzene rings is 1. The molecule has 0 fully saturated rings. The van der Waals surface area contributed by atoms with Gasteiger partial charge in [-0.15, -0.1) is 0 Å². The summed E-state index contributed by atoms with van der Waals surface area (Å²) in [4.78, 5) is 44.6. The van der Waals surface area contributed by atoms with Crippen LogP contribution < -0.4 is 11.2 Å². The lowest BCUT2D eigenvalue weighted by molar-refractivity contribution is 0.0724. The molecule has 1 amide bonds. The lowest BCUT2D eigenvalue weighted by Crippen LogP contribution is -2.40. The van der Waals surface area contributed by atoms with Crippen molar-refractivity contribution in [3.05, 3.63) is 85.8 Å². The van der Waals surface area contributed by atoms with Crippen LogP contribution in [0.4, 0.5) is 0 Å². The molecule has 0 aliphatic carbocycles. The van der Waals surface area contributed by atoms with E-state index in [0.29, 0.717) is 30.3 Å². The molecule has 1 N–H and O–H groups in total. The summed E-state index contributed by atoms with van der Waals surface area (Å²) in [5, 5.41) is 0. The Kier molecular flexibility index (Phi) is 4.89. The molecule has 150 valence electrons. The second-order valence-corrected chi connectivity index (χ2v) is 6.84. The first-order chi connectivity index (χ1) is 14.0. The van der Waals surface area contributed by atoms with Gasteiger partial charge in [-0.25, -0.2) is 9.78 Å². The van der Waals surface area contributed by atoms with Crippen LogP contribution in [0.2, 0.25) is 0 Å². The Bertz CT molecular complexity index is 1160. The van der Waals surface area contributed by atoms with Gasteiger partial charge in [0.2, 0.25) is 5.89 Å². The van der Waals surface area contributed by atoms with Gasteiger partial charge in [0.05, 0.1) is 6.54 Å². The summed E-state index contributed by atoms with van der Waals surface area (Å²) < 4.78 is 12.7. The topological polar surface area (TPSA) is 110 Å². The van der Waals surface area contributed by atoms with Crippen LogP contribution in [0, 0.1) is 0 Å². The minimum atomic E-state index is -0.701. The van der Waals surface area contributed by atoms with Gasteiger partial charge in [0, 0.05) is 33.3 Å². The summed E-state index contributed by atoms with van der Waals surface area (Å²) in [6.45, 7) is 0.594. The van der Waals surface area contributed by atoms with E-state index in [4.69, 9.17) is 9.15 Å². The van der Waals surface area contributed by atoms with Crippen LogP contribution in [0.3, 0.4) is 0 Å². The monoisotopic (exact) mass is 396 g/mol. The fraction of sp³-hybridized carbons (Fsp3) is 0.300. The molecule has 29 heavy (non-hydrogen) atoms. The zero-order valence-corrected chi connectivity index (χ0v) is 16.0. The number of hydrogen-bond donors (Lipinski definition) is 1. The predicted molar refractivity (Wildman–Crippen MR) is 103 cm³/mol. The molecule has 1 unspecified atom stereocenters. The Labute approximate surface area is 165 Å². The summed E-state index contributed by atoms with van der Waals surface area (Å²) in [6.07, 6.45) is 1.28. The van der Waals surface area contributed by atoms with Gasteiger partial charge >= 0.3 is 5.69 Å². The molecule has 2 aromatic heterocycles. The highest BCUT2D eigenvalue weighted by molar-refractivity contribution is 5.93. The van der Waals surface area contributed by atoms with Gasteiger partial charge in [0.1, 0.15) is 17.0 Å². The highest BCUT2D eigenvalue weighted by Gasteiger charge is 2.30. The molecule has 1 aliphatic heterocycles. The molecule has 3 heterocycles. The van der Waals surface area contributed by atoms with Crippen molar-refractivity contribution in [3.63, 3.8) is 0 Å². The first-order valence-electron chi connectivity index (χ1n) is 9.13. The number of nitrogens with zero attached hydrogens (tertiary/aromatic N) is 3. The number of rotatable bonds is 4. The highest BCUT2D eigenvalue weighted by Crippen LogP contribution is 2.29. The molecule has 9 heteroatoms. The Morgan fingerprint density at radius 2 is 2.03 bits per heavy atom. The first-order valence-corrected chi connectivity index (χ1v) is 9.13. The van der Waals surface area contributed by atoms with E-state index in [-0.39, 0.29) is 12.1 Å². The maximum absolute atomic E-state index is 12.8. The summed E-state index contributed by atoms with van der Waals surface area (Å²) in [6, 6.07) is 9.60. The Morgan fingerprint density at radius 3 is 2.76 bits per heavy atom. The number of aromatic amines is 1. The molecular weight excluding hydrogens is 376 g/mol. The van der Waals surface area contributed by atoms with E-state index in [0.717, 1.165) is 5.56 Å². The van der Waals surface area contributed by atoms with Gasteiger partial charge < -0.3 is 18.6 Å². The number of carbonyl (C=O) groups excluding carboxylic acids is 1. The number of nitrogens with one attached hydrogen (secondary N) is 1. The SMILES string of the molecule is COC(c1ccccc1)c1nc2c(o1)CCN(C(=O)c1cn(C)c(=O)[nH]c1=O)C2. The largest absolute Gasteiger partial charge is 0.442 e. The Morgan fingerprint density at radius 1 is 1.28 bits per heavy atom. The van der Waals surface area contributed by atoms with E-state index < -0.39 is 23.3 Å². The second kappa shape index (κ2) is 7.51. The molecule has 3 aromatic rings. The van der Waals surface area contributed by atoms with Crippen LogP contribution in [0.25, 0.3) is 0 Å². The number of ether oxygens (including phenoxy) is 1. The lowest BCUT2D eigenvalue weighted by atomic mass is 10.1. The van der Waals surface area contributed by atoms with E-state index >= 15 is 0 Å². The van der Waals surface area contributed by atoms with Crippen LogP contribution in [0.1, 0.15) is 39.4 Å².